The van der Waals surface area contributed by atoms with Gasteiger partial charge in [0.05, 0.1) is 7.11 Å². The average molecular weight is 228 g/mol. The molecule has 0 amide bonds. The molecule has 0 radical (unpaired) electrons. The fraction of sp³-hybridized carbons (Fsp3) is 0.500. The maximum Gasteiger partial charge on any atom is 0.120 e. The summed E-state index contributed by atoms with van der Waals surface area (Å²) in [5.41, 5.74) is 7.05. The summed E-state index contributed by atoms with van der Waals surface area (Å²) in [5.74, 6) is 0.770. The molecule has 0 aromatic heterocycles. The van der Waals surface area contributed by atoms with E-state index in [4.69, 9.17) is 22.1 Å². The van der Waals surface area contributed by atoms with Gasteiger partial charge in [0, 0.05) is 11.1 Å². The first-order chi connectivity index (χ1) is 7.19. The van der Waals surface area contributed by atoms with Gasteiger partial charge in [0.15, 0.2) is 0 Å². The van der Waals surface area contributed by atoms with Gasteiger partial charge in [0.1, 0.15) is 5.75 Å². The Balaban J connectivity index is 2.76. The molecule has 0 aliphatic carbocycles. The summed E-state index contributed by atoms with van der Waals surface area (Å²) in [6.07, 6.45) is 3.26. The third-order valence-electron chi connectivity index (χ3n) is 2.48. The molecule has 0 bridgehead atoms. The zero-order chi connectivity index (χ0) is 11.3. The van der Waals surface area contributed by atoms with Gasteiger partial charge in [-0.3, -0.25) is 0 Å². The molecule has 2 nitrogen and oxygen atoms in total. The number of hydrogen-bond donors (Lipinski definition) is 1. The largest absolute Gasteiger partial charge is 0.497 e. The molecule has 1 aromatic rings. The molecule has 0 heterocycles. The number of hydrogen-bond acceptors (Lipinski definition) is 2. The standard InChI is InChI=1S/C12H18ClNO/c1-3-4-5-12(14)10-7-6-9(15-2)8-11(10)13/h6-8,12H,3-5,14H2,1-2H3. The summed E-state index contributed by atoms with van der Waals surface area (Å²) in [6, 6.07) is 5.68. The molecule has 0 aliphatic heterocycles. The second-order valence-corrected chi connectivity index (χ2v) is 4.04. The van der Waals surface area contributed by atoms with E-state index in [9.17, 15) is 0 Å². The SMILES string of the molecule is CCCCC(N)c1ccc(OC)cc1Cl. The fourth-order valence-corrected chi connectivity index (χ4v) is 1.83. The van der Waals surface area contributed by atoms with E-state index in [1.54, 1.807) is 7.11 Å². The molecule has 1 unspecified atom stereocenters. The number of ether oxygens (including phenoxy) is 1. The normalized spacial score (nSPS) is 12.5. The van der Waals surface area contributed by atoms with E-state index < -0.39 is 0 Å². The number of unbranched alkanes of at least 4 members (excludes halogenated alkanes) is 1. The second kappa shape index (κ2) is 5.99. The topological polar surface area (TPSA) is 35.2 Å². The van der Waals surface area contributed by atoms with Gasteiger partial charge in [0.25, 0.3) is 0 Å². The molecule has 3 heteroatoms. The Morgan fingerprint density at radius 1 is 1.47 bits per heavy atom. The van der Waals surface area contributed by atoms with Crippen LogP contribution in [0.2, 0.25) is 5.02 Å². The van der Waals surface area contributed by atoms with Crippen molar-refractivity contribution in [3.05, 3.63) is 28.8 Å². The molecule has 15 heavy (non-hydrogen) atoms. The summed E-state index contributed by atoms with van der Waals surface area (Å²) in [7, 11) is 1.63. The van der Waals surface area contributed by atoms with Crippen LogP contribution in [-0.4, -0.2) is 7.11 Å². The minimum Gasteiger partial charge on any atom is -0.497 e. The van der Waals surface area contributed by atoms with Crippen LogP contribution in [0, 0.1) is 0 Å². The summed E-state index contributed by atoms with van der Waals surface area (Å²) in [6.45, 7) is 2.16. The lowest BCUT2D eigenvalue weighted by atomic mass is 10.0. The average Bonchev–Trinajstić information content (AvgIpc) is 2.25. The number of methoxy groups -OCH3 is 1. The molecule has 2 N–H and O–H groups in total. The van der Waals surface area contributed by atoms with Crippen LogP contribution in [0.15, 0.2) is 18.2 Å². The number of rotatable bonds is 5. The Labute approximate surface area is 96.4 Å². The van der Waals surface area contributed by atoms with Crippen LogP contribution in [0.5, 0.6) is 5.75 Å². The molecule has 0 saturated carbocycles. The Morgan fingerprint density at radius 2 is 2.20 bits per heavy atom. The molecule has 1 rings (SSSR count). The van der Waals surface area contributed by atoms with Crippen LogP contribution in [0.1, 0.15) is 37.8 Å². The lowest BCUT2D eigenvalue weighted by molar-refractivity contribution is 0.414. The lowest BCUT2D eigenvalue weighted by Gasteiger charge is -2.13. The van der Waals surface area contributed by atoms with Crippen molar-refractivity contribution < 1.29 is 4.74 Å². The van der Waals surface area contributed by atoms with E-state index in [1.807, 2.05) is 18.2 Å². The highest BCUT2D eigenvalue weighted by atomic mass is 35.5. The number of nitrogens with two attached hydrogens (primary N) is 1. The van der Waals surface area contributed by atoms with Crippen molar-refractivity contribution in [1.82, 2.24) is 0 Å². The quantitative estimate of drug-likeness (QED) is 0.835. The summed E-state index contributed by atoms with van der Waals surface area (Å²) in [4.78, 5) is 0. The molecule has 0 saturated heterocycles. The highest BCUT2D eigenvalue weighted by molar-refractivity contribution is 6.31. The van der Waals surface area contributed by atoms with E-state index in [0.29, 0.717) is 5.02 Å². The predicted molar refractivity (Wildman–Crippen MR) is 64.5 cm³/mol. The Bertz CT molecular complexity index is 314. The van der Waals surface area contributed by atoms with Crippen LogP contribution in [0.4, 0.5) is 0 Å². The van der Waals surface area contributed by atoms with Gasteiger partial charge in [-0.1, -0.05) is 37.4 Å². The Kier molecular flexibility index (Phi) is 4.92. The third kappa shape index (κ3) is 3.40. The van der Waals surface area contributed by atoms with Crippen molar-refractivity contribution in [3.63, 3.8) is 0 Å². The van der Waals surface area contributed by atoms with Crippen molar-refractivity contribution in [2.75, 3.05) is 7.11 Å². The van der Waals surface area contributed by atoms with E-state index in [0.717, 1.165) is 30.6 Å². The van der Waals surface area contributed by atoms with Gasteiger partial charge in [-0.05, 0) is 24.1 Å². The van der Waals surface area contributed by atoms with Crippen LogP contribution in [-0.2, 0) is 0 Å². The maximum absolute atomic E-state index is 6.12. The lowest BCUT2D eigenvalue weighted by Crippen LogP contribution is -2.10. The minimum atomic E-state index is 0.0309. The van der Waals surface area contributed by atoms with Gasteiger partial charge in [0.2, 0.25) is 0 Å². The zero-order valence-electron chi connectivity index (χ0n) is 9.29. The van der Waals surface area contributed by atoms with Gasteiger partial charge in [-0.15, -0.1) is 0 Å². The zero-order valence-corrected chi connectivity index (χ0v) is 10.1. The Morgan fingerprint density at radius 3 is 2.73 bits per heavy atom. The highest BCUT2D eigenvalue weighted by Crippen LogP contribution is 2.28. The van der Waals surface area contributed by atoms with Gasteiger partial charge in [-0.2, -0.15) is 0 Å². The van der Waals surface area contributed by atoms with Crippen LogP contribution >= 0.6 is 11.6 Å². The second-order valence-electron chi connectivity index (χ2n) is 3.64. The van der Waals surface area contributed by atoms with Gasteiger partial charge in [-0.25, -0.2) is 0 Å². The maximum atomic E-state index is 6.12. The first-order valence-electron chi connectivity index (χ1n) is 5.28. The van der Waals surface area contributed by atoms with Crippen LogP contribution in [0.3, 0.4) is 0 Å². The van der Waals surface area contributed by atoms with Crippen molar-refractivity contribution in [3.8, 4) is 5.75 Å². The van der Waals surface area contributed by atoms with Gasteiger partial charge >= 0.3 is 0 Å². The molecule has 0 aliphatic rings. The molecule has 1 atom stereocenters. The predicted octanol–water partition coefficient (Wildman–Crippen LogP) is 3.54. The van der Waals surface area contributed by atoms with Crippen molar-refractivity contribution >= 4 is 11.6 Å². The summed E-state index contributed by atoms with van der Waals surface area (Å²) < 4.78 is 5.09. The number of halogens is 1. The molecule has 0 fully saturated rings. The Hall–Kier alpha value is -0.730. The summed E-state index contributed by atoms with van der Waals surface area (Å²) in [5, 5.41) is 0.693. The molecule has 84 valence electrons. The first-order valence-corrected chi connectivity index (χ1v) is 5.65. The van der Waals surface area contributed by atoms with Crippen LogP contribution < -0.4 is 10.5 Å². The highest BCUT2D eigenvalue weighted by Gasteiger charge is 2.10. The molecular weight excluding hydrogens is 210 g/mol. The van der Waals surface area contributed by atoms with Crippen LogP contribution in [0.25, 0.3) is 0 Å². The van der Waals surface area contributed by atoms with E-state index >= 15 is 0 Å². The van der Waals surface area contributed by atoms with Crippen molar-refractivity contribution in [2.45, 2.75) is 32.2 Å². The van der Waals surface area contributed by atoms with E-state index in [-0.39, 0.29) is 6.04 Å². The van der Waals surface area contributed by atoms with E-state index in [1.165, 1.54) is 0 Å². The van der Waals surface area contributed by atoms with Crippen molar-refractivity contribution in [2.24, 2.45) is 5.73 Å². The summed E-state index contributed by atoms with van der Waals surface area (Å²) >= 11 is 6.12. The monoisotopic (exact) mass is 227 g/mol. The van der Waals surface area contributed by atoms with Gasteiger partial charge < -0.3 is 10.5 Å². The smallest absolute Gasteiger partial charge is 0.120 e. The van der Waals surface area contributed by atoms with E-state index in [2.05, 4.69) is 6.92 Å². The minimum absolute atomic E-state index is 0.0309. The first kappa shape index (κ1) is 12.3. The molecule has 0 spiro atoms. The molecule has 1 aromatic carbocycles. The third-order valence-corrected chi connectivity index (χ3v) is 2.80. The molecular formula is C12H18ClNO. The fourth-order valence-electron chi connectivity index (χ4n) is 1.52. The number of benzene rings is 1. The van der Waals surface area contributed by atoms with Crippen molar-refractivity contribution in [1.29, 1.82) is 0 Å².